The van der Waals surface area contributed by atoms with E-state index >= 15 is 0 Å². The maximum absolute atomic E-state index is 5.39. The van der Waals surface area contributed by atoms with Gasteiger partial charge in [0.25, 0.3) is 0 Å². The molecule has 1 saturated carbocycles. The predicted octanol–water partition coefficient (Wildman–Crippen LogP) is 2.52. The van der Waals surface area contributed by atoms with Crippen molar-refractivity contribution >= 4 is 11.6 Å². The molecule has 0 radical (unpaired) electrons. The van der Waals surface area contributed by atoms with E-state index in [9.17, 15) is 0 Å². The van der Waals surface area contributed by atoms with E-state index in [1.165, 1.54) is 25.7 Å². The molecular formula is C13H22N4O. The number of anilines is 2. The Hall–Kier alpha value is -1.52. The molecule has 1 heterocycles. The summed E-state index contributed by atoms with van der Waals surface area (Å²) in [7, 11) is 3.48. The topological polar surface area (TPSA) is 59.1 Å². The lowest BCUT2D eigenvalue weighted by Gasteiger charge is -2.28. The smallest absolute Gasteiger partial charge is 0.204 e. The third kappa shape index (κ3) is 2.83. The summed E-state index contributed by atoms with van der Waals surface area (Å²) in [4.78, 5) is 8.44. The number of nitrogens with zero attached hydrogens (tertiary/aromatic N) is 2. The van der Waals surface area contributed by atoms with Crippen LogP contribution in [0.1, 0.15) is 32.6 Å². The molecule has 1 aliphatic rings. The van der Waals surface area contributed by atoms with E-state index in [2.05, 4.69) is 27.5 Å². The average molecular weight is 250 g/mol. The van der Waals surface area contributed by atoms with Crippen LogP contribution in [-0.4, -0.2) is 30.2 Å². The van der Waals surface area contributed by atoms with E-state index in [1.54, 1.807) is 13.4 Å². The van der Waals surface area contributed by atoms with Gasteiger partial charge in [0.1, 0.15) is 6.33 Å². The lowest BCUT2D eigenvalue weighted by atomic mass is 9.87. The van der Waals surface area contributed by atoms with Gasteiger partial charge in [-0.25, -0.2) is 9.97 Å². The van der Waals surface area contributed by atoms with E-state index in [-0.39, 0.29) is 0 Å². The van der Waals surface area contributed by atoms with Crippen LogP contribution in [0.5, 0.6) is 5.75 Å². The number of nitrogens with one attached hydrogen (secondary N) is 2. The van der Waals surface area contributed by atoms with Crippen molar-refractivity contribution in [1.82, 2.24) is 9.97 Å². The summed E-state index contributed by atoms with van der Waals surface area (Å²) in [6.07, 6.45) is 6.57. The van der Waals surface area contributed by atoms with Crippen LogP contribution in [0, 0.1) is 5.92 Å². The Morgan fingerprint density at radius 1 is 1.28 bits per heavy atom. The molecule has 1 aliphatic carbocycles. The highest BCUT2D eigenvalue weighted by Gasteiger charge is 2.21. The van der Waals surface area contributed by atoms with Crippen LogP contribution < -0.4 is 15.4 Å². The second-order valence-corrected chi connectivity index (χ2v) is 4.97. The molecule has 0 saturated heterocycles. The second kappa shape index (κ2) is 5.89. The van der Waals surface area contributed by atoms with E-state index in [0.717, 1.165) is 17.6 Å². The molecule has 5 heteroatoms. The van der Waals surface area contributed by atoms with Crippen LogP contribution in [-0.2, 0) is 0 Å². The summed E-state index contributed by atoms with van der Waals surface area (Å²) in [6, 6.07) is 0.488. The Morgan fingerprint density at radius 3 is 2.72 bits per heavy atom. The van der Waals surface area contributed by atoms with E-state index in [0.29, 0.717) is 11.8 Å². The monoisotopic (exact) mass is 250 g/mol. The number of aromatic nitrogens is 2. The van der Waals surface area contributed by atoms with Crippen molar-refractivity contribution in [1.29, 1.82) is 0 Å². The molecule has 2 atom stereocenters. The summed E-state index contributed by atoms with van der Waals surface area (Å²) >= 11 is 0. The van der Waals surface area contributed by atoms with Crippen LogP contribution in [0.3, 0.4) is 0 Å². The number of hydrogen-bond donors (Lipinski definition) is 2. The van der Waals surface area contributed by atoms with Crippen molar-refractivity contribution in [3.63, 3.8) is 0 Å². The van der Waals surface area contributed by atoms with Gasteiger partial charge in [-0.3, -0.25) is 0 Å². The van der Waals surface area contributed by atoms with E-state index in [4.69, 9.17) is 4.74 Å². The Labute approximate surface area is 108 Å². The fourth-order valence-electron chi connectivity index (χ4n) is 2.61. The van der Waals surface area contributed by atoms with Gasteiger partial charge in [-0.2, -0.15) is 0 Å². The molecule has 5 nitrogen and oxygen atoms in total. The molecule has 0 spiro atoms. The highest BCUT2D eigenvalue weighted by Crippen LogP contribution is 2.32. The highest BCUT2D eigenvalue weighted by molar-refractivity contribution is 5.63. The minimum absolute atomic E-state index is 0.488. The molecule has 0 amide bonds. The molecule has 0 aromatic carbocycles. The standard InChI is InChI=1S/C13H22N4O/c1-9-5-4-6-10(7-9)17-13-11(18-3)12(14-2)15-8-16-13/h8-10H,4-7H2,1-3H3,(H2,14,15,16,17). The minimum Gasteiger partial charge on any atom is -0.490 e. The second-order valence-electron chi connectivity index (χ2n) is 4.97. The first-order valence-electron chi connectivity index (χ1n) is 6.58. The molecule has 0 bridgehead atoms. The van der Waals surface area contributed by atoms with E-state index in [1.807, 2.05) is 7.05 Å². The Balaban J connectivity index is 2.12. The van der Waals surface area contributed by atoms with Gasteiger partial charge in [0.2, 0.25) is 5.75 Å². The zero-order chi connectivity index (χ0) is 13.0. The molecule has 1 fully saturated rings. The summed E-state index contributed by atoms with van der Waals surface area (Å²) in [5, 5.41) is 6.51. The van der Waals surface area contributed by atoms with Crippen molar-refractivity contribution in [3.8, 4) is 5.75 Å². The van der Waals surface area contributed by atoms with Gasteiger partial charge < -0.3 is 15.4 Å². The fraction of sp³-hybridized carbons (Fsp3) is 0.692. The van der Waals surface area contributed by atoms with Crippen molar-refractivity contribution in [2.75, 3.05) is 24.8 Å². The maximum atomic E-state index is 5.39. The molecule has 100 valence electrons. The molecule has 0 aliphatic heterocycles. The SMILES string of the molecule is CNc1ncnc(NC2CCCC(C)C2)c1OC. The van der Waals surface area contributed by atoms with Crippen molar-refractivity contribution in [2.24, 2.45) is 5.92 Å². The zero-order valence-electron chi connectivity index (χ0n) is 11.4. The lowest BCUT2D eigenvalue weighted by Crippen LogP contribution is -2.27. The van der Waals surface area contributed by atoms with Crippen LogP contribution in [0.2, 0.25) is 0 Å². The van der Waals surface area contributed by atoms with Gasteiger partial charge in [-0.05, 0) is 18.8 Å². The molecule has 1 aromatic rings. The molecule has 2 rings (SSSR count). The highest BCUT2D eigenvalue weighted by atomic mass is 16.5. The number of ether oxygens (including phenoxy) is 1. The predicted molar refractivity (Wildman–Crippen MR) is 73.2 cm³/mol. The van der Waals surface area contributed by atoms with Gasteiger partial charge in [0, 0.05) is 13.1 Å². The van der Waals surface area contributed by atoms with Gasteiger partial charge in [0.05, 0.1) is 7.11 Å². The minimum atomic E-state index is 0.488. The quantitative estimate of drug-likeness (QED) is 0.860. The van der Waals surface area contributed by atoms with E-state index < -0.39 is 0 Å². The summed E-state index contributed by atoms with van der Waals surface area (Å²) in [5.41, 5.74) is 0. The van der Waals surface area contributed by atoms with Crippen LogP contribution in [0.25, 0.3) is 0 Å². The zero-order valence-corrected chi connectivity index (χ0v) is 11.4. The first kappa shape index (κ1) is 12.9. The normalized spacial score (nSPS) is 23.5. The third-order valence-corrected chi connectivity index (χ3v) is 3.52. The van der Waals surface area contributed by atoms with Crippen LogP contribution >= 0.6 is 0 Å². The Morgan fingerprint density at radius 2 is 2.06 bits per heavy atom. The first-order valence-corrected chi connectivity index (χ1v) is 6.58. The van der Waals surface area contributed by atoms with Gasteiger partial charge >= 0.3 is 0 Å². The Kier molecular flexibility index (Phi) is 4.23. The molecule has 2 unspecified atom stereocenters. The van der Waals surface area contributed by atoms with Crippen molar-refractivity contribution in [2.45, 2.75) is 38.6 Å². The van der Waals surface area contributed by atoms with Crippen LogP contribution in [0.15, 0.2) is 6.33 Å². The molecule has 18 heavy (non-hydrogen) atoms. The fourth-order valence-corrected chi connectivity index (χ4v) is 2.61. The number of rotatable bonds is 4. The Bertz CT molecular complexity index is 397. The first-order chi connectivity index (χ1) is 8.74. The van der Waals surface area contributed by atoms with Gasteiger partial charge in [-0.15, -0.1) is 0 Å². The summed E-state index contributed by atoms with van der Waals surface area (Å²) in [5.74, 6) is 2.99. The summed E-state index contributed by atoms with van der Waals surface area (Å²) in [6.45, 7) is 2.31. The average Bonchev–Trinajstić information content (AvgIpc) is 2.38. The van der Waals surface area contributed by atoms with Crippen molar-refractivity contribution in [3.05, 3.63) is 6.33 Å². The molecule has 1 aromatic heterocycles. The van der Waals surface area contributed by atoms with Gasteiger partial charge in [-0.1, -0.05) is 19.8 Å². The van der Waals surface area contributed by atoms with Crippen molar-refractivity contribution < 1.29 is 4.74 Å². The van der Waals surface area contributed by atoms with Crippen LogP contribution in [0.4, 0.5) is 11.6 Å². The summed E-state index contributed by atoms with van der Waals surface area (Å²) < 4.78 is 5.39. The lowest BCUT2D eigenvalue weighted by molar-refractivity contribution is 0.356. The molecule has 2 N–H and O–H groups in total. The largest absolute Gasteiger partial charge is 0.490 e. The van der Waals surface area contributed by atoms with Gasteiger partial charge in [0.15, 0.2) is 11.6 Å². The third-order valence-electron chi connectivity index (χ3n) is 3.52. The molecular weight excluding hydrogens is 228 g/mol. The number of methoxy groups -OCH3 is 1. The number of hydrogen-bond acceptors (Lipinski definition) is 5. The maximum Gasteiger partial charge on any atom is 0.204 e.